The van der Waals surface area contributed by atoms with E-state index in [2.05, 4.69) is 36.4 Å². The average molecular weight is 417 g/mol. The summed E-state index contributed by atoms with van der Waals surface area (Å²) in [6.07, 6.45) is 8.43. The van der Waals surface area contributed by atoms with E-state index in [0.717, 1.165) is 32.8 Å². The average Bonchev–Trinajstić information content (AvgIpc) is 3.43. The third-order valence-corrected chi connectivity index (χ3v) is 6.93. The maximum atomic E-state index is 5.72. The second-order valence-electron chi connectivity index (χ2n) is 5.89. The maximum Gasteiger partial charge on any atom is 0.179 e. The summed E-state index contributed by atoms with van der Waals surface area (Å²) in [5.41, 5.74) is 0. The normalized spacial score (nSPS) is 15.7. The van der Waals surface area contributed by atoms with Crippen molar-refractivity contribution in [1.82, 2.24) is 0 Å². The SMILES string of the molecule is C(=C\c1scc2c1OCCO2)/c1ccc(/C=C/c2scc3c2OCCO3)s1. The van der Waals surface area contributed by atoms with Crippen LogP contribution in [0, 0.1) is 0 Å². The van der Waals surface area contributed by atoms with Crippen molar-refractivity contribution < 1.29 is 18.9 Å². The second-order valence-corrected chi connectivity index (χ2v) is 8.86. The molecule has 4 nitrogen and oxygen atoms in total. The summed E-state index contributed by atoms with van der Waals surface area (Å²) < 4.78 is 22.6. The zero-order valence-electron chi connectivity index (χ0n) is 14.3. The summed E-state index contributed by atoms with van der Waals surface area (Å²) in [5, 5.41) is 4.01. The minimum atomic E-state index is 0.611. The van der Waals surface area contributed by atoms with Gasteiger partial charge in [0.05, 0.1) is 9.75 Å². The third kappa shape index (κ3) is 3.50. The Balaban J connectivity index is 1.30. The molecule has 27 heavy (non-hydrogen) atoms. The van der Waals surface area contributed by atoms with Gasteiger partial charge in [0.2, 0.25) is 0 Å². The minimum absolute atomic E-state index is 0.611. The zero-order valence-corrected chi connectivity index (χ0v) is 16.8. The fourth-order valence-electron chi connectivity index (χ4n) is 2.86. The van der Waals surface area contributed by atoms with Crippen LogP contribution in [-0.2, 0) is 0 Å². The van der Waals surface area contributed by atoms with Gasteiger partial charge in [0.1, 0.15) is 26.4 Å². The minimum Gasteiger partial charge on any atom is -0.485 e. The van der Waals surface area contributed by atoms with Gasteiger partial charge in [0.15, 0.2) is 23.0 Å². The smallest absolute Gasteiger partial charge is 0.179 e. The Hall–Kier alpha value is -2.22. The zero-order chi connectivity index (χ0) is 18.1. The van der Waals surface area contributed by atoms with Crippen molar-refractivity contribution in [3.05, 3.63) is 42.4 Å². The van der Waals surface area contributed by atoms with Crippen LogP contribution >= 0.6 is 34.0 Å². The molecule has 0 aliphatic carbocycles. The van der Waals surface area contributed by atoms with Gasteiger partial charge in [-0.05, 0) is 36.4 Å². The summed E-state index contributed by atoms with van der Waals surface area (Å²) >= 11 is 5.03. The van der Waals surface area contributed by atoms with E-state index >= 15 is 0 Å². The predicted molar refractivity (Wildman–Crippen MR) is 113 cm³/mol. The largest absolute Gasteiger partial charge is 0.485 e. The first-order valence-electron chi connectivity index (χ1n) is 8.57. The number of hydrogen-bond donors (Lipinski definition) is 0. The van der Waals surface area contributed by atoms with Crippen LogP contribution in [0.3, 0.4) is 0 Å². The van der Waals surface area contributed by atoms with Gasteiger partial charge < -0.3 is 18.9 Å². The molecule has 0 saturated carbocycles. The van der Waals surface area contributed by atoms with E-state index in [-0.39, 0.29) is 0 Å². The lowest BCUT2D eigenvalue weighted by atomic mass is 10.3. The number of ether oxygens (including phenoxy) is 4. The predicted octanol–water partition coefficient (Wildman–Crippen LogP) is 5.75. The van der Waals surface area contributed by atoms with Crippen LogP contribution in [0.15, 0.2) is 22.9 Å². The topological polar surface area (TPSA) is 36.9 Å². The first-order valence-corrected chi connectivity index (χ1v) is 11.1. The van der Waals surface area contributed by atoms with E-state index in [0.29, 0.717) is 26.4 Å². The lowest BCUT2D eigenvalue weighted by Crippen LogP contribution is -2.14. The monoisotopic (exact) mass is 416 g/mol. The standard InChI is InChI=1S/C20H16O4S3/c1-2-14(4-6-18-20-16(12-26-18)22-8-10-24-20)27-13(1)3-5-17-19-15(11-25-17)21-7-9-23-19/h1-6,11-12H,7-10H2/b5-3+,6-4+. The highest BCUT2D eigenvalue weighted by molar-refractivity contribution is 7.14. The van der Waals surface area contributed by atoms with Gasteiger partial charge in [-0.3, -0.25) is 0 Å². The Morgan fingerprint density at radius 1 is 0.630 bits per heavy atom. The van der Waals surface area contributed by atoms with E-state index in [4.69, 9.17) is 18.9 Å². The fraction of sp³-hybridized carbons (Fsp3) is 0.200. The molecule has 3 aromatic rings. The molecule has 2 aliphatic heterocycles. The molecule has 0 fully saturated rings. The highest BCUT2D eigenvalue weighted by atomic mass is 32.1. The van der Waals surface area contributed by atoms with Crippen LogP contribution in [0.1, 0.15) is 19.5 Å². The number of rotatable bonds is 4. The Morgan fingerprint density at radius 2 is 1.11 bits per heavy atom. The Kier molecular flexibility index (Phi) is 4.65. The van der Waals surface area contributed by atoms with Gasteiger partial charge in [-0.15, -0.1) is 34.0 Å². The molecule has 138 valence electrons. The van der Waals surface area contributed by atoms with E-state index < -0.39 is 0 Å². The van der Waals surface area contributed by atoms with E-state index in [1.807, 2.05) is 10.8 Å². The van der Waals surface area contributed by atoms with Crippen molar-refractivity contribution in [3.63, 3.8) is 0 Å². The molecule has 0 unspecified atom stereocenters. The molecule has 5 heterocycles. The molecule has 7 heteroatoms. The molecule has 0 amide bonds. The molecule has 5 rings (SSSR count). The molecule has 0 atom stereocenters. The lowest BCUT2D eigenvalue weighted by molar-refractivity contribution is 0.173. The van der Waals surface area contributed by atoms with Crippen molar-refractivity contribution in [2.24, 2.45) is 0 Å². The number of hydrogen-bond acceptors (Lipinski definition) is 7. The number of fused-ring (bicyclic) bond motifs is 2. The lowest BCUT2D eigenvalue weighted by Gasteiger charge is -2.15. The van der Waals surface area contributed by atoms with E-state index in [1.165, 1.54) is 9.75 Å². The third-order valence-electron chi connectivity index (χ3n) is 4.10. The Bertz CT molecular complexity index is 930. The van der Waals surface area contributed by atoms with Crippen molar-refractivity contribution in [2.45, 2.75) is 0 Å². The van der Waals surface area contributed by atoms with Crippen molar-refractivity contribution >= 4 is 58.3 Å². The molecule has 0 aromatic carbocycles. The highest BCUT2D eigenvalue weighted by Crippen LogP contribution is 2.41. The first-order chi connectivity index (χ1) is 13.4. The van der Waals surface area contributed by atoms with Gasteiger partial charge in [-0.2, -0.15) is 0 Å². The van der Waals surface area contributed by atoms with Gasteiger partial charge in [-0.1, -0.05) is 0 Å². The molecule has 2 aliphatic rings. The van der Waals surface area contributed by atoms with Crippen LogP contribution in [0.25, 0.3) is 24.3 Å². The molecular formula is C20H16O4S3. The summed E-state index contributed by atoms with van der Waals surface area (Å²) in [7, 11) is 0. The maximum absolute atomic E-state index is 5.72. The van der Waals surface area contributed by atoms with Gasteiger partial charge in [0.25, 0.3) is 0 Å². The molecule has 0 N–H and O–H groups in total. The van der Waals surface area contributed by atoms with Crippen molar-refractivity contribution in [2.75, 3.05) is 26.4 Å². The van der Waals surface area contributed by atoms with Crippen LogP contribution in [-0.4, -0.2) is 26.4 Å². The van der Waals surface area contributed by atoms with Crippen LogP contribution in [0.5, 0.6) is 23.0 Å². The summed E-state index contributed by atoms with van der Waals surface area (Å²) in [5.74, 6) is 3.44. The Morgan fingerprint density at radius 3 is 1.63 bits per heavy atom. The molecule has 0 bridgehead atoms. The van der Waals surface area contributed by atoms with Crippen LogP contribution in [0.2, 0.25) is 0 Å². The van der Waals surface area contributed by atoms with Gasteiger partial charge in [-0.25, -0.2) is 0 Å². The van der Waals surface area contributed by atoms with Crippen LogP contribution in [0.4, 0.5) is 0 Å². The molecule has 0 radical (unpaired) electrons. The second kappa shape index (κ2) is 7.42. The molecule has 3 aromatic heterocycles. The van der Waals surface area contributed by atoms with Crippen LogP contribution < -0.4 is 18.9 Å². The summed E-state index contributed by atoms with van der Waals surface area (Å²) in [6.45, 7) is 2.47. The first kappa shape index (κ1) is 16.9. The van der Waals surface area contributed by atoms with E-state index in [9.17, 15) is 0 Å². The Labute approximate surface area is 168 Å². The van der Waals surface area contributed by atoms with Gasteiger partial charge >= 0.3 is 0 Å². The molecule has 0 saturated heterocycles. The fourth-order valence-corrected chi connectivity index (χ4v) is 5.32. The van der Waals surface area contributed by atoms with E-state index in [1.54, 1.807) is 34.0 Å². The molecular weight excluding hydrogens is 400 g/mol. The number of thiophene rings is 3. The summed E-state index contributed by atoms with van der Waals surface area (Å²) in [6, 6.07) is 4.25. The summed E-state index contributed by atoms with van der Waals surface area (Å²) in [4.78, 5) is 4.58. The van der Waals surface area contributed by atoms with Gasteiger partial charge in [0, 0.05) is 20.5 Å². The van der Waals surface area contributed by atoms with Crippen molar-refractivity contribution in [1.29, 1.82) is 0 Å². The quantitative estimate of drug-likeness (QED) is 0.542. The molecule has 0 spiro atoms. The van der Waals surface area contributed by atoms with Crippen molar-refractivity contribution in [3.8, 4) is 23.0 Å². The highest BCUT2D eigenvalue weighted by Gasteiger charge is 2.17.